The minimum absolute atomic E-state index is 0.0487. The zero-order chi connectivity index (χ0) is 18.4. The monoisotopic (exact) mass is 368 g/mol. The molecule has 0 radical (unpaired) electrons. The Bertz CT molecular complexity index is 846. The molecule has 0 saturated heterocycles. The molecule has 3 rings (SSSR count). The van der Waals surface area contributed by atoms with Gasteiger partial charge < -0.3 is 5.32 Å². The number of hydrogen-bond donors (Lipinski definition) is 1. The summed E-state index contributed by atoms with van der Waals surface area (Å²) in [7, 11) is 0. The molecule has 0 aliphatic heterocycles. The molecule has 3 nitrogen and oxygen atoms in total. The van der Waals surface area contributed by atoms with Crippen molar-refractivity contribution in [3.8, 4) is 0 Å². The zero-order valence-electron chi connectivity index (χ0n) is 14.6. The number of halogens is 1. The highest BCUT2D eigenvalue weighted by Gasteiger charge is 2.21. The number of carbonyl (C=O) groups is 1. The SMILES string of the molecule is Cc1nc(CCNC(=O)C(Cc2ccccc2)c2ccc(F)cc2)cs1. The molecule has 0 fully saturated rings. The van der Waals surface area contributed by atoms with Gasteiger partial charge in [0.1, 0.15) is 5.82 Å². The van der Waals surface area contributed by atoms with Gasteiger partial charge in [-0.15, -0.1) is 11.3 Å². The van der Waals surface area contributed by atoms with Gasteiger partial charge in [0, 0.05) is 18.3 Å². The van der Waals surface area contributed by atoms with Crippen molar-refractivity contribution in [2.75, 3.05) is 6.54 Å². The van der Waals surface area contributed by atoms with Crippen LogP contribution in [0, 0.1) is 12.7 Å². The number of nitrogens with one attached hydrogen (secondary N) is 1. The summed E-state index contributed by atoms with van der Waals surface area (Å²) < 4.78 is 13.3. The molecule has 1 heterocycles. The van der Waals surface area contributed by atoms with Crippen LogP contribution in [-0.4, -0.2) is 17.4 Å². The van der Waals surface area contributed by atoms with Crippen LogP contribution in [0.4, 0.5) is 4.39 Å². The molecule has 2 aromatic carbocycles. The second-order valence-electron chi connectivity index (χ2n) is 6.19. The Morgan fingerprint density at radius 3 is 2.54 bits per heavy atom. The van der Waals surface area contributed by atoms with Crippen molar-refractivity contribution in [2.24, 2.45) is 0 Å². The van der Waals surface area contributed by atoms with Gasteiger partial charge in [0.25, 0.3) is 0 Å². The number of benzene rings is 2. The Kier molecular flexibility index (Phi) is 6.12. The smallest absolute Gasteiger partial charge is 0.227 e. The van der Waals surface area contributed by atoms with Crippen LogP contribution in [0.15, 0.2) is 60.0 Å². The third kappa shape index (κ3) is 4.99. The van der Waals surface area contributed by atoms with Crippen molar-refractivity contribution < 1.29 is 9.18 Å². The lowest BCUT2D eigenvalue weighted by Crippen LogP contribution is -2.32. The predicted octanol–water partition coefficient (Wildman–Crippen LogP) is 4.28. The van der Waals surface area contributed by atoms with Crippen LogP contribution < -0.4 is 5.32 Å². The third-order valence-corrected chi connectivity index (χ3v) is 5.04. The van der Waals surface area contributed by atoms with E-state index in [0.717, 1.165) is 21.8 Å². The summed E-state index contributed by atoms with van der Waals surface area (Å²) in [6.45, 7) is 2.51. The molecule has 0 saturated carbocycles. The number of hydrogen-bond acceptors (Lipinski definition) is 3. The Labute approximate surface area is 156 Å². The highest BCUT2D eigenvalue weighted by atomic mass is 32.1. The largest absolute Gasteiger partial charge is 0.355 e. The molecule has 0 aliphatic carbocycles. The van der Waals surface area contributed by atoms with E-state index in [1.54, 1.807) is 23.5 Å². The van der Waals surface area contributed by atoms with E-state index in [4.69, 9.17) is 0 Å². The number of thiazole rings is 1. The van der Waals surface area contributed by atoms with E-state index in [1.807, 2.05) is 42.6 Å². The Balaban J connectivity index is 1.69. The molecular formula is C21H21FN2OS. The van der Waals surface area contributed by atoms with Crippen molar-refractivity contribution in [2.45, 2.75) is 25.7 Å². The summed E-state index contributed by atoms with van der Waals surface area (Å²) in [4.78, 5) is 17.2. The summed E-state index contributed by atoms with van der Waals surface area (Å²) in [6, 6.07) is 16.0. The van der Waals surface area contributed by atoms with E-state index in [0.29, 0.717) is 19.4 Å². The zero-order valence-corrected chi connectivity index (χ0v) is 15.4. The molecule has 1 atom stereocenters. The van der Waals surface area contributed by atoms with Gasteiger partial charge in [0.05, 0.1) is 16.6 Å². The first kappa shape index (κ1) is 18.3. The van der Waals surface area contributed by atoms with Gasteiger partial charge in [-0.2, -0.15) is 0 Å². The number of amides is 1. The number of aryl methyl sites for hydroxylation is 1. The maximum absolute atomic E-state index is 13.3. The van der Waals surface area contributed by atoms with Gasteiger partial charge in [-0.25, -0.2) is 9.37 Å². The average molecular weight is 368 g/mol. The van der Waals surface area contributed by atoms with Crippen LogP contribution >= 0.6 is 11.3 Å². The van der Waals surface area contributed by atoms with Crippen molar-refractivity contribution in [3.63, 3.8) is 0 Å². The lowest BCUT2D eigenvalue weighted by atomic mass is 9.91. The Hall–Kier alpha value is -2.53. The Morgan fingerprint density at radius 1 is 1.15 bits per heavy atom. The molecule has 134 valence electrons. The van der Waals surface area contributed by atoms with Crippen LogP contribution in [0.1, 0.15) is 27.7 Å². The average Bonchev–Trinajstić information content (AvgIpc) is 3.06. The lowest BCUT2D eigenvalue weighted by molar-refractivity contribution is -0.122. The van der Waals surface area contributed by atoms with Gasteiger partial charge in [-0.1, -0.05) is 42.5 Å². The van der Waals surface area contributed by atoms with Gasteiger partial charge >= 0.3 is 0 Å². The number of rotatable bonds is 7. The molecule has 5 heteroatoms. The number of nitrogens with zero attached hydrogens (tertiary/aromatic N) is 1. The molecule has 1 aromatic heterocycles. The fraction of sp³-hybridized carbons (Fsp3) is 0.238. The van der Waals surface area contributed by atoms with Crippen LogP contribution in [0.3, 0.4) is 0 Å². The normalized spacial score (nSPS) is 11.9. The van der Waals surface area contributed by atoms with Gasteiger partial charge in [0.2, 0.25) is 5.91 Å². The molecular weight excluding hydrogens is 347 g/mol. The van der Waals surface area contributed by atoms with Gasteiger partial charge in [0.15, 0.2) is 0 Å². The first-order chi connectivity index (χ1) is 12.6. The minimum atomic E-state index is -0.352. The summed E-state index contributed by atoms with van der Waals surface area (Å²) in [5.74, 6) is -0.700. The van der Waals surface area contributed by atoms with Gasteiger partial charge in [-0.3, -0.25) is 4.79 Å². The quantitative estimate of drug-likeness (QED) is 0.676. The summed E-state index contributed by atoms with van der Waals surface area (Å²) >= 11 is 1.61. The number of aromatic nitrogens is 1. The molecule has 0 spiro atoms. The topological polar surface area (TPSA) is 42.0 Å². The first-order valence-electron chi connectivity index (χ1n) is 8.60. The van der Waals surface area contributed by atoms with Crippen molar-refractivity contribution in [1.29, 1.82) is 0 Å². The van der Waals surface area contributed by atoms with Crippen LogP contribution in [0.2, 0.25) is 0 Å². The third-order valence-electron chi connectivity index (χ3n) is 4.22. The molecule has 1 N–H and O–H groups in total. The predicted molar refractivity (Wildman–Crippen MR) is 103 cm³/mol. The maximum Gasteiger partial charge on any atom is 0.227 e. The Morgan fingerprint density at radius 2 is 1.88 bits per heavy atom. The standard InChI is InChI=1S/C21H21FN2OS/c1-15-24-19(14-26-15)11-12-23-21(25)20(13-16-5-3-2-4-6-16)17-7-9-18(22)10-8-17/h2-10,14,20H,11-13H2,1H3,(H,23,25). The first-order valence-corrected chi connectivity index (χ1v) is 9.48. The summed E-state index contributed by atoms with van der Waals surface area (Å²) in [5, 5.41) is 6.05. The molecule has 26 heavy (non-hydrogen) atoms. The van der Waals surface area contributed by atoms with E-state index in [9.17, 15) is 9.18 Å². The number of carbonyl (C=O) groups excluding carboxylic acids is 1. The second kappa shape index (κ2) is 8.72. The van der Waals surface area contributed by atoms with Crippen molar-refractivity contribution in [1.82, 2.24) is 10.3 Å². The van der Waals surface area contributed by atoms with Crippen molar-refractivity contribution in [3.05, 3.63) is 87.6 Å². The fourth-order valence-corrected chi connectivity index (χ4v) is 3.51. The molecule has 0 aliphatic rings. The van der Waals surface area contributed by atoms with Crippen molar-refractivity contribution >= 4 is 17.2 Å². The minimum Gasteiger partial charge on any atom is -0.355 e. The summed E-state index contributed by atoms with van der Waals surface area (Å²) in [5.41, 5.74) is 2.89. The molecule has 1 amide bonds. The highest BCUT2D eigenvalue weighted by molar-refractivity contribution is 7.09. The second-order valence-corrected chi connectivity index (χ2v) is 7.25. The van der Waals surface area contributed by atoms with E-state index >= 15 is 0 Å². The molecule has 1 unspecified atom stereocenters. The van der Waals surface area contributed by atoms with Crippen LogP contribution in [0.25, 0.3) is 0 Å². The fourth-order valence-electron chi connectivity index (χ4n) is 2.87. The van der Waals surface area contributed by atoms with Crippen LogP contribution in [-0.2, 0) is 17.6 Å². The van der Waals surface area contributed by atoms with Gasteiger partial charge in [-0.05, 0) is 36.6 Å². The molecule has 0 bridgehead atoms. The summed E-state index contributed by atoms with van der Waals surface area (Å²) in [6.07, 6.45) is 1.28. The van der Waals surface area contributed by atoms with E-state index in [-0.39, 0.29) is 17.6 Å². The van der Waals surface area contributed by atoms with E-state index in [2.05, 4.69) is 10.3 Å². The lowest BCUT2D eigenvalue weighted by Gasteiger charge is -2.17. The van der Waals surface area contributed by atoms with E-state index in [1.165, 1.54) is 12.1 Å². The van der Waals surface area contributed by atoms with Crippen LogP contribution in [0.5, 0.6) is 0 Å². The van der Waals surface area contributed by atoms with E-state index < -0.39 is 0 Å². The highest BCUT2D eigenvalue weighted by Crippen LogP contribution is 2.22. The molecule has 3 aromatic rings. The maximum atomic E-state index is 13.3.